The molecule has 7 heteroatoms. The highest BCUT2D eigenvalue weighted by molar-refractivity contribution is 5.96. The summed E-state index contributed by atoms with van der Waals surface area (Å²) in [4.78, 5) is 28.7. The van der Waals surface area contributed by atoms with E-state index in [2.05, 4.69) is 10.1 Å². The van der Waals surface area contributed by atoms with Gasteiger partial charge in [0, 0.05) is 5.56 Å². The quantitative estimate of drug-likeness (QED) is 0.669. The summed E-state index contributed by atoms with van der Waals surface area (Å²) in [5.74, 6) is 0.509. The number of ketones is 1. The van der Waals surface area contributed by atoms with Crippen LogP contribution in [0.3, 0.4) is 0 Å². The highest BCUT2D eigenvalue weighted by Crippen LogP contribution is 2.13. The van der Waals surface area contributed by atoms with Crippen molar-refractivity contribution in [2.24, 2.45) is 0 Å². The lowest BCUT2D eigenvalue weighted by molar-refractivity contribution is 0.0970. The molecule has 3 rings (SSSR count). The van der Waals surface area contributed by atoms with Gasteiger partial charge in [0.05, 0.1) is 18.8 Å². The molecule has 23 heavy (non-hydrogen) atoms. The molecule has 0 saturated heterocycles. The third kappa shape index (κ3) is 2.85. The van der Waals surface area contributed by atoms with Crippen molar-refractivity contribution >= 4 is 16.9 Å². The molecule has 0 aliphatic rings. The minimum Gasteiger partial charge on any atom is -0.494 e. The van der Waals surface area contributed by atoms with Gasteiger partial charge in [0.2, 0.25) is 0 Å². The smallest absolute Gasteiger partial charge is 0.267 e. The monoisotopic (exact) mass is 313 g/mol. The normalized spacial score (nSPS) is 10.9. The van der Waals surface area contributed by atoms with Gasteiger partial charge in [-0.3, -0.25) is 14.2 Å². The van der Waals surface area contributed by atoms with Crippen molar-refractivity contribution in [1.82, 2.24) is 14.7 Å². The van der Waals surface area contributed by atoms with Crippen LogP contribution in [0.5, 0.6) is 5.75 Å². The van der Waals surface area contributed by atoms with E-state index in [1.807, 2.05) is 6.92 Å². The van der Waals surface area contributed by atoms with Crippen molar-refractivity contribution in [3.8, 4) is 5.75 Å². The molecule has 3 aromatic rings. The molecule has 0 spiro atoms. The molecule has 0 atom stereocenters. The van der Waals surface area contributed by atoms with E-state index in [0.29, 0.717) is 29.0 Å². The molecule has 0 fully saturated rings. The molecule has 0 N–H and O–H groups in total. The predicted molar refractivity (Wildman–Crippen MR) is 82.7 cm³/mol. The Morgan fingerprint density at radius 1 is 1.30 bits per heavy atom. The summed E-state index contributed by atoms with van der Waals surface area (Å²) in [5.41, 5.74) is 0.799. The first-order valence-electron chi connectivity index (χ1n) is 7.17. The fourth-order valence-corrected chi connectivity index (χ4v) is 2.27. The summed E-state index contributed by atoms with van der Waals surface area (Å²) in [7, 11) is 0. The van der Waals surface area contributed by atoms with Crippen LogP contribution >= 0.6 is 0 Å². The van der Waals surface area contributed by atoms with Crippen molar-refractivity contribution in [3.63, 3.8) is 0 Å². The molecule has 1 aromatic carbocycles. The number of fused-ring (bicyclic) bond motifs is 1. The van der Waals surface area contributed by atoms with Gasteiger partial charge in [-0.25, -0.2) is 4.98 Å². The van der Waals surface area contributed by atoms with E-state index >= 15 is 0 Å². The maximum Gasteiger partial charge on any atom is 0.267 e. The van der Waals surface area contributed by atoms with Gasteiger partial charge in [0.1, 0.15) is 17.5 Å². The Morgan fingerprint density at radius 3 is 2.74 bits per heavy atom. The minimum absolute atomic E-state index is 0.0969. The second-order valence-corrected chi connectivity index (χ2v) is 5.01. The van der Waals surface area contributed by atoms with E-state index in [9.17, 15) is 9.59 Å². The summed E-state index contributed by atoms with van der Waals surface area (Å²) in [6.07, 6.45) is 1.29. The molecule has 7 nitrogen and oxygen atoms in total. The van der Waals surface area contributed by atoms with Crippen LogP contribution in [0, 0.1) is 6.92 Å². The van der Waals surface area contributed by atoms with Gasteiger partial charge in [0.15, 0.2) is 5.78 Å². The highest BCUT2D eigenvalue weighted by atomic mass is 16.5. The third-order valence-corrected chi connectivity index (χ3v) is 3.44. The number of rotatable bonds is 5. The molecule has 0 aliphatic heterocycles. The number of Topliss-reactive ketones (excluding diaryl/α,β-unsaturated/α-hetero) is 1. The SMILES string of the molecule is CCOc1ccc(C(=O)Cn2cnc3onc(C)c3c2=O)cc1. The van der Waals surface area contributed by atoms with Crippen molar-refractivity contribution < 1.29 is 14.1 Å². The Bertz CT molecular complexity index is 909. The van der Waals surface area contributed by atoms with Crippen LogP contribution in [0.25, 0.3) is 11.1 Å². The lowest BCUT2D eigenvalue weighted by Crippen LogP contribution is -2.24. The zero-order chi connectivity index (χ0) is 16.4. The molecule has 2 heterocycles. The van der Waals surface area contributed by atoms with Crippen LogP contribution in [0.15, 0.2) is 39.9 Å². The molecule has 0 amide bonds. The van der Waals surface area contributed by atoms with E-state index in [4.69, 9.17) is 9.26 Å². The number of hydrogen-bond acceptors (Lipinski definition) is 6. The van der Waals surface area contributed by atoms with E-state index in [0.717, 1.165) is 0 Å². The number of ether oxygens (including phenoxy) is 1. The molecule has 0 saturated carbocycles. The van der Waals surface area contributed by atoms with Gasteiger partial charge in [-0.05, 0) is 38.1 Å². The van der Waals surface area contributed by atoms with Gasteiger partial charge in [-0.1, -0.05) is 5.16 Å². The van der Waals surface area contributed by atoms with Crippen molar-refractivity contribution in [1.29, 1.82) is 0 Å². The number of nitrogens with zero attached hydrogens (tertiary/aromatic N) is 3. The second kappa shape index (κ2) is 6.04. The first-order chi connectivity index (χ1) is 11.1. The van der Waals surface area contributed by atoms with Crippen LogP contribution in [0.2, 0.25) is 0 Å². The number of carbonyl (C=O) groups excluding carboxylic acids is 1. The van der Waals surface area contributed by atoms with Crippen LogP contribution < -0.4 is 10.3 Å². The lowest BCUT2D eigenvalue weighted by atomic mass is 10.1. The number of benzene rings is 1. The maximum absolute atomic E-state index is 12.4. The van der Waals surface area contributed by atoms with E-state index in [-0.39, 0.29) is 23.6 Å². The summed E-state index contributed by atoms with van der Waals surface area (Å²) >= 11 is 0. The summed E-state index contributed by atoms with van der Waals surface area (Å²) in [6, 6.07) is 6.81. The fourth-order valence-electron chi connectivity index (χ4n) is 2.27. The molecule has 0 radical (unpaired) electrons. The minimum atomic E-state index is -0.340. The Balaban J connectivity index is 1.86. The second-order valence-electron chi connectivity index (χ2n) is 5.01. The van der Waals surface area contributed by atoms with Crippen molar-refractivity contribution in [3.05, 3.63) is 52.2 Å². The first-order valence-corrected chi connectivity index (χ1v) is 7.17. The van der Waals surface area contributed by atoms with Gasteiger partial charge in [-0.15, -0.1) is 0 Å². The summed E-state index contributed by atoms with van der Waals surface area (Å²) < 4.78 is 11.5. The van der Waals surface area contributed by atoms with Gasteiger partial charge in [0.25, 0.3) is 11.3 Å². The number of carbonyl (C=O) groups is 1. The van der Waals surface area contributed by atoms with Crippen molar-refractivity contribution in [2.45, 2.75) is 20.4 Å². The fraction of sp³-hybridized carbons (Fsp3) is 0.250. The molecule has 0 unspecified atom stereocenters. The number of aryl methyl sites for hydroxylation is 1. The Morgan fingerprint density at radius 2 is 2.04 bits per heavy atom. The predicted octanol–water partition coefficient (Wildman–Crippen LogP) is 1.97. The highest BCUT2D eigenvalue weighted by Gasteiger charge is 2.14. The molecule has 0 bridgehead atoms. The first kappa shape index (κ1) is 15.0. The zero-order valence-electron chi connectivity index (χ0n) is 12.8. The van der Waals surface area contributed by atoms with Crippen LogP contribution in [0.1, 0.15) is 23.0 Å². The van der Waals surface area contributed by atoms with E-state index < -0.39 is 0 Å². The lowest BCUT2D eigenvalue weighted by Gasteiger charge is -2.06. The van der Waals surface area contributed by atoms with E-state index in [1.165, 1.54) is 10.9 Å². The Labute approximate surface area is 131 Å². The van der Waals surface area contributed by atoms with Crippen molar-refractivity contribution in [2.75, 3.05) is 6.61 Å². The molecule has 2 aromatic heterocycles. The summed E-state index contributed by atoms with van der Waals surface area (Å²) in [6.45, 7) is 4.02. The number of aromatic nitrogens is 3. The van der Waals surface area contributed by atoms with Crippen LogP contribution in [-0.2, 0) is 6.54 Å². The topological polar surface area (TPSA) is 87.2 Å². The Hall–Kier alpha value is -2.96. The van der Waals surface area contributed by atoms with Gasteiger partial charge in [-0.2, -0.15) is 0 Å². The third-order valence-electron chi connectivity index (χ3n) is 3.44. The largest absolute Gasteiger partial charge is 0.494 e. The maximum atomic E-state index is 12.4. The number of hydrogen-bond donors (Lipinski definition) is 0. The van der Waals surface area contributed by atoms with Gasteiger partial charge >= 0.3 is 0 Å². The standard InChI is InChI=1S/C16H15N3O4/c1-3-22-12-6-4-11(5-7-12)13(20)8-19-9-17-15-14(16(19)21)10(2)18-23-15/h4-7,9H,3,8H2,1-2H3. The molecule has 0 aliphatic carbocycles. The van der Waals surface area contributed by atoms with Gasteiger partial charge < -0.3 is 9.26 Å². The average molecular weight is 313 g/mol. The molecular formula is C16H15N3O4. The zero-order valence-corrected chi connectivity index (χ0v) is 12.8. The molecular weight excluding hydrogens is 298 g/mol. The van der Waals surface area contributed by atoms with Crippen LogP contribution in [0.4, 0.5) is 0 Å². The average Bonchev–Trinajstić information content (AvgIpc) is 2.93. The van der Waals surface area contributed by atoms with Crippen LogP contribution in [-0.4, -0.2) is 27.1 Å². The molecule has 118 valence electrons. The summed E-state index contributed by atoms with van der Waals surface area (Å²) in [5, 5.41) is 4.01. The Kier molecular flexibility index (Phi) is 3.92. The van der Waals surface area contributed by atoms with E-state index in [1.54, 1.807) is 31.2 Å².